The van der Waals surface area contributed by atoms with Crippen LogP contribution >= 0.6 is 0 Å². The second-order valence-corrected chi connectivity index (χ2v) is 7.20. The summed E-state index contributed by atoms with van der Waals surface area (Å²) in [5, 5.41) is 2.73. The Morgan fingerprint density at radius 3 is 2.65 bits per heavy atom. The van der Waals surface area contributed by atoms with E-state index in [-0.39, 0.29) is 11.7 Å². The Bertz CT molecular complexity index is 586. The van der Waals surface area contributed by atoms with Crippen molar-refractivity contribution >= 4 is 17.3 Å². The fraction of sp³-hybridized carbons (Fsp3) is 0.650. The van der Waals surface area contributed by atoms with Gasteiger partial charge in [-0.05, 0) is 58.5 Å². The minimum absolute atomic E-state index is 0.250. The number of carbonyl (C=O) groups excluding carboxylic acids is 1. The van der Waals surface area contributed by atoms with Crippen LogP contribution in [0.4, 0.5) is 15.8 Å². The third kappa shape index (κ3) is 5.68. The lowest BCUT2D eigenvalue weighted by Crippen LogP contribution is -2.42. The van der Waals surface area contributed by atoms with Crippen LogP contribution in [0.1, 0.15) is 39.5 Å². The molecular weight excluding hydrogens is 333 g/mol. The van der Waals surface area contributed by atoms with Gasteiger partial charge in [-0.15, -0.1) is 0 Å². The Labute approximate surface area is 156 Å². The summed E-state index contributed by atoms with van der Waals surface area (Å²) in [4.78, 5) is 16.4. The molecule has 0 spiro atoms. The SMILES string of the molecule is CCCCOC(C)C(=O)Nc1ccc(N2CCC(N(C)C)CC2)c(F)c1. The number of piperidine rings is 1. The number of nitrogens with one attached hydrogen (secondary N) is 1. The van der Waals surface area contributed by atoms with Gasteiger partial charge < -0.3 is 19.9 Å². The van der Waals surface area contributed by atoms with Gasteiger partial charge in [-0.1, -0.05) is 13.3 Å². The molecule has 1 aromatic rings. The molecule has 1 saturated heterocycles. The number of ether oxygens (including phenoxy) is 1. The van der Waals surface area contributed by atoms with Gasteiger partial charge in [0.1, 0.15) is 11.9 Å². The number of carbonyl (C=O) groups is 1. The van der Waals surface area contributed by atoms with Gasteiger partial charge >= 0.3 is 0 Å². The van der Waals surface area contributed by atoms with Gasteiger partial charge in [-0.25, -0.2) is 4.39 Å². The molecule has 146 valence electrons. The number of amides is 1. The first-order valence-electron chi connectivity index (χ1n) is 9.55. The summed E-state index contributed by atoms with van der Waals surface area (Å²) in [5.41, 5.74) is 1.07. The third-order valence-electron chi connectivity index (χ3n) is 4.99. The number of hydrogen-bond donors (Lipinski definition) is 1. The van der Waals surface area contributed by atoms with Gasteiger partial charge in [-0.3, -0.25) is 4.79 Å². The van der Waals surface area contributed by atoms with Gasteiger partial charge in [0, 0.05) is 31.4 Å². The topological polar surface area (TPSA) is 44.8 Å². The summed E-state index contributed by atoms with van der Waals surface area (Å²) >= 11 is 0. The number of rotatable bonds is 8. The van der Waals surface area contributed by atoms with Crippen LogP contribution in [0.15, 0.2) is 18.2 Å². The standard InChI is InChI=1S/C20H32FN3O2/c1-5-6-13-26-15(2)20(25)22-16-7-8-19(18(21)14-16)24-11-9-17(10-12-24)23(3)4/h7-8,14-15,17H,5-6,9-13H2,1-4H3,(H,22,25). The monoisotopic (exact) mass is 365 g/mol. The molecule has 0 aromatic heterocycles. The average molecular weight is 365 g/mol. The maximum Gasteiger partial charge on any atom is 0.253 e. The maximum absolute atomic E-state index is 14.6. The van der Waals surface area contributed by atoms with Crippen molar-refractivity contribution in [1.29, 1.82) is 0 Å². The lowest BCUT2D eigenvalue weighted by Gasteiger charge is -2.36. The maximum atomic E-state index is 14.6. The van der Waals surface area contributed by atoms with Crippen LogP contribution in [-0.2, 0) is 9.53 Å². The Hall–Kier alpha value is -1.66. The van der Waals surface area contributed by atoms with E-state index in [0.717, 1.165) is 38.8 Å². The molecule has 1 unspecified atom stereocenters. The van der Waals surface area contributed by atoms with Crippen LogP contribution in [0.2, 0.25) is 0 Å². The van der Waals surface area contributed by atoms with E-state index in [0.29, 0.717) is 24.0 Å². The van der Waals surface area contributed by atoms with Gasteiger partial charge in [0.25, 0.3) is 5.91 Å². The minimum atomic E-state index is -0.547. The first-order chi connectivity index (χ1) is 12.4. The van der Waals surface area contributed by atoms with Crippen molar-refractivity contribution in [2.75, 3.05) is 44.0 Å². The van der Waals surface area contributed by atoms with Crippen LogP contribution in [0.25, 0.3) is 0 Å². The van der Waals surface area contributed by atoms with Crippen molar-refractivity contribution in [3.63, 3.8) is 0 Å². The molecule has 1 heterocycles. The van der Waals surface area contributed by atoms with Crippen LogP contribution in [0, 0.1) is 5.82 Å². The summed E-state index contributed by atoms with van der Waals surface area (Å²) < 4.78 is 20.0. The highest BCUT2D eigenvalue weighted by Crippen LogP contribution is 2.26. The van der Waals surface area contributed by atoms with E-state index in [9.17, 15) is 9.18 Å². The average Bonchev–Trinajstić information content (AvgIpc) is 2.62. The fourth-order valence-electron chi connectivity index (χ4n) is 3.19. The molecule has 26 heavy (non-hydrogen) atoms. The second-order valence-electron chi connectivity index (χ2n) is 7.20. The number of unbranched alkanes of at least 4 members (excludes halogenated alkanes) is 1. The van der Waals surface area contributed by atoms with Crippen molar-refractivity contribution < 1.29 is 13.9 Å². The van der Waals surface area contributed by atoms with E-state index >= 15 is 0 Å². The van der Waals surface area contributed by atoms with Gasteiger partial charge in [-0.2, -0.15) is 0 Å². The van der Waals surface area contributed by atoms with Crippen LogP contribution in [-0.4, -0.2) is 56.7 Å². The van der Waals surface area contributed by atoms with Crippen molar-refractivity contribution in [3.05, 3.63) is 24.0 Å². The Morgan fingerprint density at radius 2 is 2.08 bits per heavy atom. The van der Waals surface area contributed by atoms with E-state index in [1.54, 1.807) is 19.1 Å². The zero-order valence-electron chi connectivity index (χ0n) is 16.4. The first kappa shape index (κ1) is 20.6. The van der Waals surface area contributed by atoms with Crippen LogP contribution in [0.5, 0.6) is 0 Å². The van der Waals surface area contributed by atoms with Crippen molar-refractivity contribution in [1.82, 2.24) is 4.90 Å². The molecule has 2 rings (SSSR count). The highest BCUT2D eigenvalue weighted by molar-refractivity contribution is 5.94. The summed E-state index contributed by atoms with van der Waals surface area (Å²) in [6.07, 6.45) is 3.45. The number of benzene rings is 1. The molecule has 1 aliphatic rings. The number of halogens is 1. The predicted octanol–water partition coefficient (Wildman–Crippen LogP) is 3.50. The van der Waals surface area contributed by atoms with E-state index < -0.39 is 6.10 Å². The normalized spacial score (nSPS) is 16.8. The number of nitrogens with zero attached hydrogens (tertiary/aromatic N) is 2. The third-order valence-corrected chi connectivity index (χ3v) is 4.99. The molecule has 1 aliphatic heterocycles. The lowest BCUT2D eigenvalue weighted by atomic mass is 10.0. The molecule has 6 heteroatoms. The fourth-order valence-corrected chi connectivity index (χ4v) is 3.19. The molecule has 0 saturated carbocycles. The zero-order valence-corrected chi connectivity index (χ0v) is 16.4. The molecule has 1 atom stereocenters. The van der Waals surface area contributed by atoms with Crippen LogP contribution in [0.3, 0.4) is 0 Å². The van der Waals surface area contributed by atoms with Crippen molar-refractivity contribution in [2.45, 2.75) is 51.7 Å². The highest BCUT2D eigenvalue weighted by atomic mass is 19.1. The summed E-state index contributed by atoms with van der Waals surface area (Å²) in [6.45, 7) is 6.02. The van der Waals surface area contributed by atoms with Crippen molar-refractivity contribution in [2.24, 2.45) is 0 Å². The minimum Gasteiger partial charge on any atom is -0.369 e. The summed E-state index contributed by atoms with van der Waals surface area (Å²) in [7, 11) is 4.18. The van der Waals surface area contributed by atoms with Crippen LogP contribution < -0.4 is 10.2 Å². The van der Waals surface area contributed by atoms with Gasteiger partial charge in [0.05, 0.1) is 5.69 Å². The zero-order chi connectivity index (χ0) is 19.1. The molecule has 1 amide bonds. The first-order valence-corrected chi connectivity index (χ1v) is 9.55. The van der Waals surface area contributed by atoms with E-state index in [1.807, 2.05) is 0 Å². The summed E-state index contributed by atoms with van der Waals surface area (Å²) in [6, 6.07) is 5.46. The molecule has 1 fully saturated rings. The predicted molar refractivity (Wildman–Crippen MR) is 104 cm³/mol. The van der Waals surface area contributed by atoms with Crippen molar-refractivity contribution in [3.8, 4) is 0 Å². The summed E-state index contributed by atoms with van der Waals surface area (Å²) in [5.74, 6) is -0.550. The molecule has 1 aromatic carbocycles. The van der Waals surface area contributed by atoms with Gasteiger partial charge in [0.2, 0.25) is 0 Å². The smallest absolute Gasteiger partial charge is 0.253 e. The number of anilines is 2. The molecule has 1 N–H and O–H groups in total. The molecule has 0 aliphatic carbocycles. The highest BCUT2D eigenvalue weighted by Gasteiger charge is 2.23. The van der Waals surface area contributed by atoms with E-state index in [1.165, 1.54) is 6.07 Å². The Morgan fingerprint density at radius 1 is 1.38 bits per heavy atom. The number of hydrogen-bond acceptors (Lipinski definition) is 4. The second kappa shape index (κ2) is 9.88. The molecule has 5 nitrogen and oxygen atoms in total. The Balaban J connectivity index is 1.92. The molecule has 0 radical (unpaired) electrons. The largest absolute Gasteiger partial charge is 0.369 e. The Kier molecular flexibility index (Phi) is 7.85. The molecular formula is C20H32FN3O2. The lowest BCUT2D eigenvalue weighted by molar-refractivity contribution is -0.126. The quantitative estimate of drug-likeness (QED) is 0.716. The van der Waals surface area contributed by atoms with Gasteiger partial charge in [0.15, 0.2) is 0 Å². The van der Waals surface area contributed by atoms with E-state index in [4.69, 9.17) is 4.74 Å². The molecule has 0 bridgehead atoms. The van der Waals surface area contributed by atoms with E-state index in [2.05, 4.69) is 36.1 Å².